The largest absolute Gasteiger partial charge is 0.619 e. The van der Waals surface area contributed by atoms with Crippen LogP contribution in [-0.4, -0.2) is 26.7 Å². The van der Waals surface area contributed by atoms with Gasteiger partial charge in [0.05, 0.1) is 16.6 Å². The molecule has 1 aromatic carbocycles. The molecule has 8 nitrogen and oxygen atoms in total. The summed E-state index contributed by atoms with van der Waals surface area (Å²) in [6.45, 7) is 0. The first kappa shape index (κ1) is 19.5. The molecule has 0 radical (unpaired) electrons. The van der Waals surface area contributed by atoms with Crippen molar-refractivity contribution in [2.75, 3.05) is 0 Å². The van der Waals surface area contributed by atoms with E-state index in [0.29, 0.717) is 32.6 Å². The molecular formula is C24H17N5O3. The molecule has 1 amide bonds. The summed E-state index contributed by atoms with van der Waals surface area (Å²) in [5.41, 5.74) is 1.60. The van der Waals surface area contributed by atoms with E-state index >= 15 is 0 Å². The van der Waals surface area contributed by atoms with E-state index in [0.717, 1.165) is 12.8 Å². The van der Waals surface area contributed by atoms with Crippen molar-refractivity contribution >= 4 is 16.9 Å². The Labute approximate surface area is 182 Å². The fourth-order valence-corrected chi connectivity index (χ4v) is 3.26. The molecule has 1 aliphatic carbocycles. The third-order valence-corrected chi connectivity index (χ3v) is 4.99. The van der Waals surface area contributed by atoms with Gasteiger partial charge >= 0.3 is 0 Å². The van der Waals surface area contributed by atoms with Gasteiger partial charge in [0.1, 0.15) is 0 Å². The van der Waals surface area contributed by atoms with Gasteiger partial charge in [-0.25, -0.2) is 9.67 Å². The molecule has 32 heavy (non-hydrogen) atoms. The number of amides is 1. The standard InChI is InChI=1S/C24H17N5O3/c30-22-20-7-2-12-25-23(20)29(27-21(22)24(31)26-18-10-11-18)19-6-1-4-16(14-19)8-9-17-5-3-13-28(32)15-17/h1-7,12-15,18H,10-11H2,(H,26,31). The zero-order valence-corrected chi connectivity index (χ0v) is 16.9. The van der Waals surface area contributed by atoms with Gasteiger partial charge in [0, 0.05) is 23.9 Å². The number of nitrogens with one attached hydrogen (secondary N) is 1. The zero-order valence-electron chi connectivity index (χ0n) is 16.9. The lowest BCUT2D eigenvalue weighted by Crippen LogP contribution is -2.33. The number of rotatable bonds is 3. The molecule has 1 saturated carbocycles. The van der Waals surface area contributed by atoms with Crippen molar-refractivity contribution in [1.82, 2.24) is 20.1 Å². The predicted molar refractivity (Wildman–Crippen MR) is 117 cm³/mol. The molecule has 0 unspecified atom stereocenters. The summed E-state index contributed by atoms with van der Waals surface area (Å²) in [5, 5.41) is 18.9. The van der Waals surface area contributed by atoms with E-state index < -0.39 is 11.3 Å². The first-order chi connectivity index (χ1) is 15.6. The molecule has 0 atom stereocenters. The SMILES string of the molecule is O=C(NC1CC1)c1nn(-c2cccc(C#Cc3ccc[n+]([O-])c3)c2)c2ncccc2c1=O. The average Bonchev–Trinajstić information content (AvgIpc) is 3.62. The minimum absolute atomic E-state index is 0.103. The number of fused-ring (bicyclic) bond motifs is 1. The highest BCUT2D eigenvalue weighted by Crippen LogP contribution is 2.19. The fourth-order valence-electron chi connectivity index (χ4n) is 3.26. The van der Waals surface area contributed by atoms with Crippen molar-refractivity contribution < 1.29 is 9.52 Å². The Bertz CT molecular complexity index is 1480. The van der Waals surface area contributed by atoms with Gasteiger partial charge in [0.15, 0.2) is 23.7 Å². The molecule has 1 aliphatic rings. The van der Waals surface area contributed by atoms with Crippen LogP contribution >= 0.6 is 0 Å². The molecule has 0 saturated heterocycles. The minimum atomic E-state index is -0.483. The second-order valence-corrected chi connectivity index (χ2v) is 7.46. The van der Waals surface area contributed by atoms with Crippen LogP contribution in [-0.2, 0) is 0 Å². The Kier molecular flexibility index (Phi) is 4.84. The van der Waals surface area contributed by atoms with Gasteiger partial charge in [0.25, 0.3) is 5.91 Å². The Hall–Kier alpha value is -4.51. The molecular weight excluding hydrogens is 406 g/mol. The summed E-state index contributed by atoms with van der Waals surface area (Å²) in [7, 11) is 0. The number of aromatic nitrogens is 4. The normalized spacial score (nSPS) is 12.8. The van der Waals surface area contributed by atoms with Crippen LogP contribution < -0.4 is 15.5 Å². The number of hydrogen-bond donors (Lipinski definition) is 1. The van der Waals surface area contributed by atoms with Crippen LogP contribution in [0.1, 0.15) is 34.5 Å². The maximum absolute atomic E-state index is 12.9. The van der Waals surface area contributed by atoms with Crippen molar-refractivity contribution in [3.8, 4) is 17.5 Å². The van der Waals surface area contributed by atoms with Crippen LogP contribution in [0.25, 0.3) is 16.7 Å². The molecule has 3 aromatic heterocycles. The molecule has 156 valence electrons. The highest BCUT2D eigenvalue weighted by atomic mass is 16.5. The number of hydrogen-bond acceptors (Lipinski definition) is 5. The number of carbonyl (C=O) groups excluding carboxylic acids is 1. The van der Waals surface area contributed by atoms with Crippen LogP contribution in [0.15, 0.2) is 71.9 Å². The van der Waals surface area contributed by atoms with Gasteiger partial charge in [-0.2, -0.15) is 9.83 Å². The Morgan fingerprint density at radius 1 is 1.12 bits per heavy atom. The summed E-state index contributed by atoms with van der Waals surface area (Å²) in [6.07, 6.45) is 6.17. The van der Waals surface area contributed by atoms with Gasteiger partial charge in [0.2, 0.25) is 5.43 Å². The fraction of sp³-hybridized carbons (Fsp3) is 0.125. The van der Waals surface area contributed by atoms with Gasteiger partial charge in [-0.05, 0) is 49.2 Å². The molecule has 1 N–H and O–H groups in total. The molecule has 5 rings (SSSR count). The summed E-state index contributed by atoms with van der Waals surface area (Å²) < 4.78 is 2.18. The molecule has 1 fully saturated rings. The third-order valence-electron chi connectivity index (χ3n) is 4.99. The van der Waals surface area contributed by atoms with E-state index in [1.54, 1.807) is 48.7 Å². The first-order valence-corrected chi connectivity index (χ1v) is 10.1. The molecule has 0 bridgehead atoms. The first-order valence-electron chi connectivity index (χ1n) is 10.1. The van der Waals surface area contributed by atoms with Gasteiger partial charge in [-0.15, -0.1) is 0 Å². The van der Waals surface area contributed by atoms with Crippen molar-refractivity contribution in [3.05, 3.63) is 99.4 Å². The zero-order chi connectivity index (χ0) is 22.1. The van der Waals surface area contributed by atoms with E-state index in [1.807, 2.05) is 6.07 Å². The van der Waals surface area contributed by atoms with E-state index in [2.05, 4.69) is 27.2 Å². The minimum Gasteiger partial charge on any atom is -0.619 e. The van der Waals surface area contributed by atoms with Crippen molar-refractivity contribution in [2.45, 2.75) is 18.9 Å². The molecule has 0 aliphatic heterocycles. The van der Waals surface area contributed by atoms with E-state index in [-0.39, 0.29) is 11.7 Å². The van der Waals surface area contributed by atoms with Gasteiger partial charge in [-0.3, -0.25) is 9.59 Å². The maximum atomic E-state index is 12.9. The van der Waals surface area contributed by atoms with E-state index in [4.69, 9.17) is 0 Å². The highest BCUT2D eigenvalue weighted by Gasteiger charge is 2.27. The smallest absolute Gasteiger partial charge is 0.276 e. The molecule has 8 heteroatoms. The lowest BCUT2D eigenvalue weighted by Gasteiger charge is -2.11. The topological polar surface area (TPSA) is 104 Å². The van der Waals surface area contributed by atoms with Crippen LogP contribution in [0.5, 0.6) is 0 Å². The molecule has 0 spiro atoms. The van der Waals surface area contributed by atoms with E-state index in [1.165, 1.54) is 17.1 Å². The van der Waals surface area contributed by atoms with E-state index in [9.17, 15) is 14.8 Å². The van der Waals surface area contributed by atoms with Crippen molar-refractivity contribution in [2.24, 2.45) is 0 Å². The number of carbonyl (C=O) groups is 1. The molecule has 4 aromatic rings. The second kappa shape index (κ2) is 7.96. The average molecular weight is 423 g/mol. The van der Waals surface area contributed by atoms with Gasteiger partial charge < -0.3 is 10.5 Å². The third kappa shape index (κ3) is 3.91. The van der Waals surface area contributed by atoms with Crippen molar-refractivity contribution in [3.63, 3.8) is 0 Å². The Morgan fingerprint density at radius 3 is 2.75 bits per heavy atom. The summed E-state index contributed by atoms with van der Waals surface area (Å²) in [4.78, 5) is 29.8. The second-order valence-electron chi connectivity index (χ2n) is 7.46. The van der Waals surface area contributed by atoms with Crippen LogP contribution in [0.4, 0.5) is 0 Å². The van der Waals surface area contributed by atoms with Crippen LogP contribution in [0.3, 0.4) is 0 Å². The van der Waals surface area contributed by atoms with Gasteiger partial charge in [-0.1, -0.05) is 17.9 Å². The van der Waals surface area contributed by atoms with Crippen LogP contribution in [0, 0.1) is 17.0 Å². The Morgan fingerprint density at radius 2 is 1.94 bits per heavy atom. The summed E-state index contributed by atoms with van der Waals surface area (Å²) in [5.74, 6) is 5.50. The number of benzene rings is 1. The highest BCUT2D eigenvalue weighted by molar-refractivity contribution is 5.95. The molecule has 3 heterocycles. The van der Waals surface area contributed by atoms with Crippen molar-refractivity contribution in [1.29, 1.82) is 0 Å². The predicted octanol–water partition coefficient (Wildman–Crippen LogP) is 1.71. The monoisotopic (exact) mass is 423 g/mol. The lowest BCUT2D eigenvalue weighted by atomic mass is 10.1. The number of nitrogens with zero attached hydrogens (tertiary/aromatic N) is 4. The Balaban J connectivity index is 1.60. The lowest BCUT2D eigenvalue weighted by molar-refractivity contribution is -0.605. The quantitative estimate of drug-likeness (QED) is 0.307. The maximum Gasteiger partial charge on any atom is 0.276 e. The summed E-state index contributed by atoms with van der Waals surface area (Å²) in [6, 6.07) is 14.0. The summed E-state index contributed by atoms with van der Waals surface area (Å²) >= 11 is 0. The number of pyridine rings is 2. The van der Waals surface area contributed by atoms with Crippen LogP contribution in [0.2, 0.25) is 0 Å².